The Morgan fingerprint density at radius 1 is 1.47 bits per heavy atom. The predicted molar refractivity (Wildman–Crippen MR) is 73.6 cm³/mol. The van der Waals surface area contributed by atoms with Crippen LogP contribution in [0.2, 0.25) is 4.34 Å². The van der Waals surface area contributed by atoms with Gasteiger partial charge in [0.1, 0.15) is 22.4 Å². The van der Waals surface area contributed by atoms with E-state index in [-0.39, 0.29) is 6.10 Å². The first kappa shape index (κ1) is 12.8. The van der Waals surface area contributed by atoms with Crippen molar-refractivity contribution >= 4 is 23.1 Å². The van der Waals surface area contributed by atoms with Crippen LogP contribution in [0, 0.1) is 0 Å². The molecule has 0 radical (unpaired) electrons. The molecule has 0 saturated carbocycles. The molecule has 2 aromatic rings. The highest BCUT2D eigenvalue weighted by molar-refractivity contribution is 7.10. The Hall–Kier alpha value is -1.17. The average molecular weight is 297 g/mol. The largest absolute Gasteiger partial charge is 0.487 e. The Morgan fingerprint density at radius 3 is 3.16 bits per heavy atom. The fourth-order valence-corrected chi connectivity index (χ4v) is 2.96. The van der Waals surface area contributed by atoms with Gasteiger partial charge in [-0.2, -0.15) is 0 Å². The molecule has 1 aliphatic rings. The van der Waals surface area contributed by atoms with E-state index in [2.05, 4.69) is 9.59 Å². The van der Waals surface area contributed by atoms with Gasteiger partial charge in [-0.3, -0.25) is 0 Å². The number of nitrogens with zero attached hydrogens (tertiary/aromatic N) is 2. The third kappa shape index (κ3) is 2.59. The molecule has 1 aromatic heterocycles. The summed E-state index contributed by atoms with van der Waals surface area (Å²) in [7, 11) is 0. The molecule has 6 heteroatoms. The number of aliphatic hydroxyl groups is 1. The molecule has 1 unspecified atom stereocenters. The molecule has 0 bridgehead atoms. The summed E-state index contributed by atoms with van der Waals surface area (Å²) in [4.78, 5) is 0. The summed E-state index contributed by atoms with van der Waals surface area (Å²) in [6, 6.07) is 5.79. The van der Waals surface area contributed by atoms with E-state index in [9.17, 15) is 5.11 Å². The van der Waals surface area contributed by atoms with Crippen LogP contribution in [0.4, 0.5) is 0 Å². The number of benzene rings is 1. The van der Waals surface area contributed by atoms with Gasteiger partial charge in [0.15, 0.2) is 0 Å². The number of hydrogen-bond donors (Lipinski definition) is 1. The van der Waals surface area contributed by atoms with Crippen molar-refractivity contribution in [2.24, 2.45) is 0 Å². The molecule has 0 aliphatic heterocycles. The van der Waals surface area contributed by atoms with Crippen molar-refractivity contribution in [3.63, 3.8) is 0 Å². The summed E-state index contributed by atoms with van der Waals surface area (Å²) < 4.78 is 10.1. The molecule has 1 heterocycles. The normalized spacial score (nSPS) is 18.1. The monoisotopic (exact) mass is 296 g/mol. The summed E-state index contributed by atoms with van der Waals surface area (Å²) in [6.07, 6.45) is 2.36. The number of ether oxygens (including phenoxy) is 1. The van der Waals surface area contributed by atoms with Crippen molar-refractivity contribution in [2.45, 2.75) is 32.0 Å². The minimum absolute atomic E-state index is 0.307. The van der Waals surface area contributed by atoms with E-state index in [1.807, 2.05) is 18.2 Å². The average Bonchev–Trinajstić information content (AvgIpc) is 2.82. The van der Waals surface area contributed by atoms with Gasteiger partial charge in [0.2, 0.25) is 0 Å². The molecule has 1 aliphatic carbocycles. The second-order valence-electron chi connectivity index (χ2n) is 4.51. The molecule has 0 amide bonds. The molecule has 100 valence electrons. The third-order valence-corrected chi connectivity index (χ3v) is 4.29. The van der Waals surface area contributed by atoms with Crippen molar-refractivity contribution in [3.05, 3.63) is 39.4 Å². The van der Waals surface area contributed by atoms with Crippen molar-refractivity contribution in [1.29, 1.82) is 0 Å². The minimum Gasteiger partial charge on any atom is -0.487 e. The van der Waals surface area contributed by atoms with Gasteiger partial charge < -0.3 is 9.84 Å². The molecule has 4 nitrogen and oxygen atoms in total. The highest BCUT2D eigenvalue weighted by Crippen LogP contribution is 2.35. The highest BCUT2D eigenvalue weighted by Gasteiger charge is 2.21. The Balaban J connectivity index is 1.82. The number of aromatic nitrogens is 2. The van der Waals surface area contributed by atoms with Crippen LogP contribution in [0.3, 0.4) is 0 Å². The zero-order valence-electron chi connectivity index (χ0n) is 10.2. The molecule has 19 heavy (non-hydrogen) atoms. The number of halogens is 1. The molecule has 0 saturated heterocycles. The van der Waals surface area contributed by atoms with Gasteiger partial charge in [0, 0.05) is 11.5 Å². The van der Waals surface area contributed by atoms with Crippen LogP contribution in [0.15, 0.2) is 18.2 Å². The highest BCUT2D eigenvalue weighted by atomic mass is 35.5. The van der Waals surface area contributed by atoms with Gasteiger partial charge in [-0.15, -0.1) is 5.10 Å². The lowest BCUT2D eigenvalue weighted by Crippen LogP contribution is -2.11. The van der Waals surface area contributed by atoms with Gasteiger partial charge in [0.25, 0.3) is 0 Å². The standard InChI is InChI=1S/C13H13ClN2O2S/c14-13-10(15-16-19-13)7-18-12-6-2-3-8-9(12)4-1-5-11(8)17/h2-3,6,11,17H,1,4-5,7H2. The zero-order valence-corrected chi connectivity index (χ0v) is 11.7. The van der Waals surface area contributed by atoms with Gasteiger partial charge in [0.05, 0.1) is 6.10 Å². The van der Waals surface area contributed by atoms with Crippen LogP contribution < -0.4 is 4.74 Å². The van der Waals surface area contributed by atoms with Gasteiger partial charge in [-0.1, -0.05) is 28.2 Å². The lowest BCUT2D eigenvalue weighted by atomic mass is 9.89. The first-order valence-electron chi connectivity index (χ1n) is 6.15. The van der Waals surface area contributed by atoms with Crippen LogP contribution in [0.25, 0.3) is 0 Å². The van der Waals surface area contributed by atoms with Crippen LogP contribution in [-0.2, 0) is 13.0 Å². The van der Waals surface area contributed by atoms with E-state index in [0.29, 0.717) is 16.6 Å². The minimum atomic E-state index is -0.378. The number of aliphatic hydroxyl groups excluding tert-OH is 1. The molecular weight excluding hydrogens is 284 g/mol. The lowest BCUT2D eigenvalue weighted by molar-refractivity contribution is 0.155. The molecule has 1 atom stereocenters. The van der Waals surface area contributed by atoms with E-state index >= 15 is 0 Å². The van der Waals surface area contributed by atoms with Gasteiger partial charge in [-0.25, -0.2) is 0 Å². The molecule has 0 spiro atoms. The maximum atomic E-state index is 9.98. The Morgan fingerprint density at radius 2 is 2.37 bits per heavy atom. The molecule has 0 fully saturated rings. The topological polar surface area (TPSA) is 55.2 Å². The number of hydrogen-bond acceptors (Lipinski definition) is 5. The fourth-order valence-electron chi connectivity index (χ4n) is 2.35. The summed E-state index contributed by atoms with van der Waals surface area (Å²) >= 11 is 7.10. The fraction of sp³-hybridized carbons (Fsp3) is 0.385. The van der Waals surface area contributed by atoms with E-state index in [1.165, 1.54) is 0 Å². The van der Waals surface area contributed by atoms with E-state index in [1.54, 1.807) is 0 Å². The van der Waals surface area contributed by atoms with E-state index < -0.39 is 0 Å². The Kier molecular flexibility index (Phi) is 3.68. The maximum absolute atomic E-state index is 9.98. The van der Waals surface area contributed by atoms with Crippen molar-refractivity contribution in [2.75, 3.05) is 0 Å². The zero-order chi connectivity index (χ0) is 13.2. The molecule has 1 N–H and O–H groups in total. The van der Waals surface area contributed by atoms with Crippen LogP contribution in [0.1, 0.15) is 35.8 Å². The van der Waals surface area contributed by atoms with Crippen LogP contribution in [0.5, 0.6) is 5.75 Å². The van der Waals surface area contributed by atoms with E-state index in [0.717, 1.165) is 47.7 Å². The summed E-state index contributed by atoms with van der Waals surface area (Å²) in [5.41, 5.74) is 2.73. The smallest absolute Gasteiger partial charge is 0.141 e. The summed E-state index contributed by atoms with van der Waals surface area (Å²) in [6.45, 7) is 0.307. The number of rotatable bonds is 3. The first-order valence-corrected chi connectivity index (χ1v) is 7.30. The van der Waals surface area contributed by atoms with E-state index in [4.69, 9.17) is 16.3 Å². The molecule has 3 rings (SSSR count). The van der Waals surface area contributed by atoms with Crippen LogP contribution >= 0.6 is 23.1 Å². The summed E-state index contributed by atoms with van der Waals surface area (Å²) in [5.74, 6) is 0.806. The van der Waals surface area contributed by atoms with Crippen LogP contribution in [-0.4, -0.2) is 14.7 Å². The van der Waals surface area contributed by atoms with Gasteiger partial charge >= 0.3 is 0 Å². The second kappa shape index (κ2) is 5.45. The lowest BCUT2D eigenvalue weighted by Gasteiger charge is -2.23. The Labute approximate surface area is 120 Å². The first-order chi connectivity index (χ1) is 9.25. The number of fused-ring (bicyclic) bond motifs is 1. The quantitative estimate of drug-likeness (QED) is 0.945. The second-order valence-corrected chi connectivity index (χ2v) is 5.87. The summed E-state index contributed by atoms with van der Waals surface area (Å²) in [5, 5.41) is 13.9. The third-order valence-electron chi connectivity index (χ3n) is 3.31. The van der Waals surface area contributed by atoms with Crippen molar-refractivity contribution in [3.8, 4) is 5.75 Å². The molecule has 1 aromatic carbocycles. The SMILES string of the molecule is OC1CCCc2c(OCc3nnsc3Cl)cccc21. The van der Waals surface area contributed by atoms with Crippen molar-refractivity contribution < 1.29 is 9.84 Å². The Bertz CT molecular complexity index is 588. The molecular formula is C13H13ClN2O2S. The predicted octanol–water partition coefficient (Wildman–Crippen LogP) is 3.14. The maximum Gasteiger partial charge on any atom is 0.141 e. The van der Waals surface area contributed by atoms with Gasteiger partial charge in [-0.05, 0) is 36.5 Å². The van der Waals surface area contributed by atoms with Crippen molar-refractivity contribution in [1.82, 2.24) is 9.59 Å².